The molecule has 0 amide bonds. The SMILES string of the molecule is CC(=O)OC1(C)COC(O)(C(F)(F)F)C1(F)F. The maximum absolute atomic E-state index is 13.5. The Labute approximate surface area is 92.3 Å². The Bertz CT molecular complexity index is 341. The molecule has 1 rings (SSSR count). The number of carbonyl (C=O) groups excluding carboxylic acids is 1. The van der Waals surface area contributed by atoms with Crippen LogP contribution in [0.4, 0.5) is 22.0 Å². The van der Waals surface area contributed by atoms with Crippen LogP contribution < -0.4 is 0 Å². The molecule has 0 aromatic heterocycles. The molecule has 100 valence electrons. The van der Waals surface area contributed by atoms with Crippen molar-refractivity contribution in [1.29, 1.82) is 0 Å². The molecule has 4 nitrogen and oxygen atoms in total. The lowest BCUT2D eigenvalue weighted by Crippen LogP contribution is -2.63. The molecule has 2 atom stereocenters. The van der Waals surface area contributed by atoms with Crippen molar-refractivity contribution in [2.75, 3.05) is 6.61 Å². The summed E-state index contributed by atoms with van der Waals surface area (Å²) >= 11 is 0. The highest BCUT2D eigenvalue weighted by molar-refractivity contribution is 5.66. The first-order chi connectivity index (χ1) is 7.37. The molecule has 0 saturated carbocycles. The number of ether oxygens (including phenoxy) is 2. The first-order valence-electron chi connectivity index (χ1n) is 4.38. The number of aliphatic hydroxyl groups is 1. The monoisotopic (exact) mass is 264 g/mol. The molecule has 1 aliphatic rings. The molecule has 9 heteroatoms. The first kappa shape index (κ1) is 14.1. The molecule has 0 aromatic rings. The van der Waals surface area contributed by atoms with E-state index in [9.17, 15) is 26.7 Å². The molecule has 0 spiro atoms. The summed E-state index contributed by atoms with van der Waals surface area (Å²) in [4.78, 5) is 10.6. The number of rotatable bonds is 1. The molecule has 1 aliphatic heterocycles. The number of esters is 1. The molecule has 2 unspecified atom stereocenters. The van der Waals surface area contributed by atoms with Gasteiger partial charge in [-0.05, 0) is 6.92 Å². The van der Waals surface area contributed by atoms with Crippen molar-refractivity contribution < 1.29 is 41.3 Å². The van der Waals surface area contributed by atoms with Gasteiger partial charge in [0.25, 0.3) is 0 Å². The summed E-state index contributed by atoms with van der Waals surface area (Å²) in [6.07, 6.45) is -5.71. The number of carbonyl (C=O) groups is 1. The largest absolute Gasteiger partial charge is 0.450 e. The summed E-state index contributed by atoms with van der Waals surface area (Å²) in [6, 6.07) is 0. The number of hydrogen-bond acceptors (Lipinski definition) is 4. The van der Waals surface area contributed by atoms with Crippen LogP contribution in [0.5, 0.6) is 0 Å². The predicted molar refractivity (Wildman–Crippen MR) is 42.1 cm³/mol. The van der Waals surface area contributed by atoms with Gasteiger partial charge in [0.05, 0.1) is 6.61 Å². The Morgan fingerprint density at radius 1 is 1.41 bits per heavy atom. The summed E-state index contributed by atoms with van der Waals surface area (Å²) in [5.74, 6) is -10.7. The van der Waals surface area contributed by atoms with E-state index in [4.69, 9.17) is 5.11 Å². The summed E-state index contributed by atoms with van der Waals surface area (Å²) in [7, 11) is 0. The van der Waals surface area contributed by atoms with E-state index < -0.39 is 36.1 Å². The van der Waals surface area contributed by atoms with E-state index in [2.05, 4.69) is 9.47 Å². The van der Waals surface area contributed by atoms with Crippen molar-refractivity contribution in [3.63, 3.8) is 0 Å². The van der Waals surface area contributed by atoms with E-state index in [1.807, 2.05) is 0 Å². The standard InChI is InChI=1S/C8H9F5O4/c1-4(14)17-5(2)3-16-7(15,6(5,9)10)8(11,12)13/h15H,3H2,1-2H3. The van der Waals surface area contributed by atoms with Gasteiger partial charge in [-0.2, -0.15) is 22.0 Å². The Morgan fingerprint density at radius 2 is 1.88 bits per heavy atom. The fourth-order valence-electron chi connectivity index (χ4n) is 1.45. The average Bonchev–Trinajstić information content (AvgIpc) is 2.25. The molecule has 1 fully saturated rings. The number of alkyl halides is 5. The Hall–Kier alpha value is -0.960. The summed E-state index contributed by atoms with van der Waals surface area (Å²) in [6.45, 7) is 0.0417. The van der Waals surface area contributed by atoms with Gasteiger partial charge >= 0.3 is 23.9 Å². The number of halogens is 5. The highest BCUT2D eigenvalue weighted by Crippen LogP contribution is 2.54. The molecule has 0 aromatic carbocycles. The van der Waals surface area contributed by atoms with Crippen LogP contribution in [-0.4, -0.2) is 41.2 Å². The predicted octanol–water partition coefficient (Wildman–Crippen LogP) is 1.22. The molecular weight excluding hydrogens is 255 g/mol. The third kappa shape index (κ3) is 1.77. The highest BCUT2D eigenvalue weighted by Gasteiger charge is 2.82. The first-order valence-corrected chi connectivity index (χ1v) is 4.38. The third-order valence-corrected chi connectivity index (χ3v) is 2.40. The third-order valence-electron chi connectivity index (χ3n) is 2.40. The second-order valence-corrected chi connectivity index (χ2v) is 3.83. The van der Waals surface area contributed by atoms with Crippen LogP contribution in [0.3, 0.4) is 0 Å². The van der Waals surface area contributed by atoms with Gasteiger partial charge in [-0.15, -0.1) is 0 Å². The smallest absolute Gasteiger partial charge is 0.449 e. The van der Waals surface area contributed by atoms with Crippen molar-refractivity contribution in [1.82, 2.24) is 0 Å². The second-order valence-electron chi connectivity index (χ2n) is 3.83. The Morgan fingerprint density at radius 3 is 2.18 bits per heavy atom. The Balaban J connectivity index is 3.18. The van der Waals surface area contributed by atoms with E-state index in [1.54, 1.807) is 0 Å². The van der Waals surface area contributed by atoms with Gasteiger partial charge in [0.2, 0.25) is 5.60 Å². The van der Waals surface area contributed by atoms with Crippen LogP contribution in [0.15, 0.2) is 0 Å². The lowest BCUT2D eigenvalue weighted by atomic mass is 9.94. The second kappa shape index (κ2) is 3.52. The highest BCUT2D eigenvalue weighted by atomic mass is 19.4. The van der Waals surface area contributed by atoms with Crippen LogP contribution in [0.25, 0.3) is 0 Å². The van der Waals surface area contributed by atoms with Crippen LogP contribution in [0, 0.1) is 0 Å². The molecule has 1 saturated heterocycles. The molecular formula is C8H9F5O4. The minimum absolute atomic E-state index is 0.554. The van der Waals surface area contributed by atoms with Gasteiger partial charge in [0.15, 0.2) is 0 Å². The van der Waals surface area contributed by atoms with E-state index in [0.29, 0.717) is 6.92 Å². The average molecular weight is 264 g/mol. The van der Waals surface area contributed by atoms with Gasteiger partial charge in [0.1, 0.15) is 0 Å². The minimum atomic E-state index is -5.71. The van der Waals surface area contributed by atoms with E-state index >= 15 is 0 Å². The van der Waals surface area contributed by atoms with Gasteiger partial charge in [-0.1, -0.05) is 0 Å². The molecule has 0 aliphatic carbocycles. The topological polar surface area (TPSA) is 55.8 Å². The molecule has 1 heterocycles. The molecule has 0 bridgehead atoms. The summed E-state index contributed by atoms with van der Waals surface area (Å²) in [5.41, 5.74) is -2.87. The molecule has 0 radical (unpaired) electrons. The minimum Gasteiger partial charge on any atom is -0.450 e. The molecule has 17 heavy (non-hydrogen) atoms. The van der Waals surface area contributed by atoms with Crippen molar-refractivity contribution >= 4 is 5.97 Å². The van der Waals surface area contributed by atoms with E-state index in [1.165, 1.54) is 0 Å². The zero-order chi connectivity index (χ0) is 13.7. The Kier molecular flexibility index (Phi) is 2.92. The lowest BCUT2D eigenvalue weighted by Gasteiger charge is -2.35. The maximum Gasteiger partial charge on any atom is 0.449 e. The fraction of sp³-hybridized carbons (Fsp3) is 0.875. The zero-order valence-corrected chi connectivity index (χ0v) is 8.77. The van der Waals surface area contributed by atoms with Crippen LogP contribution >= 0.6 is 0 Å². The van der Waals surface area contributed by atoms with E-state index in [0.717, 1.165) is 6.92 Å². The van der Waals surface area contributed by atoms with Gasteiger partial charge < -0.3 is 14.6 Å². The van der Waals surface area contributed by atoms with Crippen molar-refractivity contribution in [2.45, 2.75) is 37.3 Å². The summed E-state index contributed by atoms with van der Waals surface area (Å²) in [5, 5.41) is 8.92. The van der Waals surface area contributed by atoms with Crippen LogP contribution in [0.2, 0.25) is 0 Å². The molecule has 1 N–H and O–H groups in total. The quantitative estimate of drug-likeness (QED) is 0.571. The van der Waals surface area contributed by atoms with Crippen LogP contribution in [0.1, 0.15) is 13.8 Å². The van der Waals surface area contributed by atoms with Crippen LogP contribution in [-0.2, 0) is 14.3 Å². The van der Waals surface area contributed by atoms with E-state index in [-0.39, 0.29) is 0 Å². The maximum atomic E-state index is 13.5. The van der Waals surface area contributed by atoms with Gasteiger partial charge in [0, 0.05) is 6.92 Å². The fourth-order valence-corrected chi connectivity index (χ4v) is 1.45. The van der Waals surface area contributed by atoms with Crippen molar-refractivity contribution in [3.05, 3.63) is 0 Å². The van der Waals surface area contributed by atoms with Crippen molar-refractivity contribution in [3.8, 4) is 0 Å². The lowest BCUT2D eigenvalue weighted by molar-refractivity contribution is -0.409. The van der Waals surface area contributed by atoms with Crippen molar-refractivity contribution in [2.24, 2.45) is 0 Å². The summed E-state index contributed by atoms with van der Waals surface area (Å²) < 4.78 is 71.9. The normalized spacial score (nSPS) is 36.9. The van der Waals surface area contributed by atoms with Gasteiger partial charge in [-0.3, -0.25) is 4.79 Å². The number of hydrogen-bond donors (Lipinski definition) is 1. The van der Waals surface area contributed by atoms with Gasteiger partial charge in [-0.25, -0.2) is 0 Å². The zero-order valence-electron chi connectivity index (χ0n) is 8.77.